The van der Waals surface area contributed by atoms with Gasteiger partial charge in [0.15, 0.2) is 11.5 Å². The third-order valence-corrected chi connectivity index (χ3v) is 3.97. The van der Waals surface area contributed by atoms with E-state index in [9.17, 15) is 4.79 Å². The summed E-state index contributed by atoms with van der Waals surface area (Å²) in [5.41, 5.74) is 2.55. The van der Waals surface area contributed by atoms with E-state index in [0.717, 1.165) is 22.6 Å². The standard InChI is InChI=1S/C20H26N2O5/c1-13(11-24-4)21-20(23)9-7-16-6-8-18(19(10-16)25-5)26-12-17-14(2)22-27-15(17)3/h6-10,13H,11-12H2,1-5H3,(H,21,23). The zero-order chi connectivity index (χ0) is 19.8. The Morgan fingerprint density at radius 2 is 2.07 bits per heavy atom. The van der Waals surface area contributed by atoms with Gasteiger partial charge in [-0.05, 0) is 44.5 Å². The van der Waals surface area contributed by atoms with E-state index in [0.29, 0.717) is 24.7 Å². The summed E-state index contributed by atoms with van der Waals surface area (Å²) in [5, 5.41) is 6.73. The molecule has 1 aromatic carbocycles. The van der Waals surface area contributed by atoms with Gasteiger partial charge in [-0.3, -0.25) is 4.79 Å². The van der Waals surface area contributed by atoms with Crippen molar-refractivity contribution in [2.45, 2.75) is 33.4 Å². The topological polar surface area (TPSA) is 82.8 Å². The molecule has 0 spiro atoms. The first kappa shape index (κ1) is 20.5. The molecule has 1 unspecified atom stereocenters. The Kier molecular flexibility index (Phi) is 7.43. The van der Waals surface area contributed by atoms with Gasteiger partial charge in [-0.1, -0.05) is 11.2 Å². The molecule has 0 saturated heterocycles. The maximum absolute atomic E-state index is 11.9. The third kappa shape index (κ3) is 5.86. The van der Waals surface area contributed by atoms with Crippen molar-refractivity contribution in [1.82, 2.24) is 10.5 Å². The highest BCUT2D eigenvalue weighted by atomic mass is 16.5. The molecule has 0 bridgehead atoms. The zero-order valence-corrected chi connectivity index (χ0v) is 16.4. The lowest BCUT2D eigenvalue weighted by Crippen LogP contribution is -2.34. The van der Waals surface area contributed by atoms with Crippen LogP contribution >= 0.6 is 0 Å². The van der Waals surface area contributed by atoms with Crippen LogP contribution in [0.25, 0.3) is 6.08 Å². The molecule has 0 aliphatic rings. The fourth-order valence-corrected chi connectivity index (χ4v) is 2.52. The van der Waals surface area contributed by atoms with Crippen LogP contribution in [0.1, 0.15) is 29.5 Å². The Balaban J connectivity index is 2.02. The molecule has 0 radical (unpaired) electrons. The minimum atomic E-state index is -0.183. The number of benzene rings is 1. The molecule has 1 aromatic heterocycles. The van der Waals surface area contributed by atoms with Crippen LogP contribution in [0.15, 0.2) is 28.8 Å². The number of carbonyl (C=O) groups is 1. The van der Waals surface area contributed by atoms with E-state index in [1.54, 1.807) is 20.3 Å². The van der Waals surface area contributed by atoms with Crippen molar-refractivity contribution in [2.24, 2.45) is 0 Å². The summed E-state index contributed by atoms with van der Waals surface area (Å²) in [4.78, 5) is 11.9. The van der Waals surface area contributed by atoms with Gasteiger partial charge in [0.2, 0.25) is 5.91 Å². The van der Waals surface area contributed by atoms with Gasteiger partial charge in [-0.2, -0.15) is 0 Å². The monoisotopic (exact) mass is 374 g/mol. The van der Waals surface area contributed by atoms with Gasteiger partial charge in [-0.15, -0.1) is 0 Å². The number of ether oxygens (including phenoxy) is 3. The third-order valence-electron chi connectivity index (χ3n) is 3.97. The van der Waals surface area contributed by atoms with Crippen LogP contribution in [0.5, 0.6) is 11.5 Å². The molecule has 27 heavy (non-hydrogen) atoms. The lowest BCUT2D eigenvalue weighted by molar-refractivity contribution is -0.117. The molecule has 7 heteroatoms. The smallest absolute Gasteiger partial charge is 0.244 e. The van der Waals surface area contributed by atoms with Crippen LogP contribution in [0, 0.1) is 13.8 Å². The minimum Gasteiger partial charge on any atom is -0.493 e. The van der Waals surface area contributed by atoms with Crippen LogP contribution in [-0.2, 0) is 16.1 Å². The highest BCUT2D eigenvalue weighted by Gasteiger charge is 2.12. The van der Waals surface area contributed by atoms with E-state index in [4.69, 9.17) is 18.7 Å². The molecule has 1 amide bonds. The predicted molar refractivity (Wildman–Crippen MR) is 102 cm³/mol. The largest absolute Gasteiger partial charge is 0.493 e. The average molecular weight is 374 g/mol. The number of nitrogens with zero attached hydrogens (tertiary/aromatic N) is 1. The van der Waals surface area contributed by atoms with E-state index in [2.05, 4.69) is 10.5 Å². The van der Waals surface area contributed by atoms with Crippen molar-refractivity contribution < 1.29 is 23.5 Å². The van der Waals surface area contributed by atoms with Crippen molar-refractivity contribution in [3.8, 4) is 11.5 Å². The quantitative estimate of drug-likeness (QED) is 0.679. The normalized spacial score (nSPS) is 12.2. The number of nitrogens with one attached hydrogen (secondary N) is 1. The molecule has 146 valence electrons. The highest BCUT2D eigenvalue weighted by molar-refractivity contribution is 5.92. The average Bonchev–Trinajstić information content (AvgIpc) is 2.96. The summed E-state index contributed by atoms with van der Waals surface area (Å²) in [6.45, 7) is 6.40. The maximum Gasteiger partial charge on any atom is 0.244 e. The Labute approximate surface area is 159 Å². The lowest BCUT2D eigenvalue weighted by Gasteiger charge is -2.12. The van der Waals surface area contributed by atoms with Crippen LogP contribution < -0.4 is 14.8 Å². The number of aromatic nitrogens is 1. The number of hydrogen-bond acceptors (Lipinski definition) is 6. The molecule has 1 atom stereocenters. The van der Waals surface area contributed by atoms with Gasteiger partial charge >= 0.3 is 0 Å². The molecule has 0 aliphatic carbocycles. The summed E-state index contributed by atoms with van der Waals surface area (Å²) < 4.78 is 21.4. The van der Waals surface area contributed by atoms with Crippen molar-refractivity contribution in [1.29, 1.82) is 0 Å². The van der Waals surface area contributed by atoms with Gasteiger partial charge < -0.3 is 24.1 Å². The Hall–Kier alpha value is -2.80. The van der Waals surface area contributed by atoms with Crippen molar-refractivity contribution in [2.75, 3.05) is 20.8 Å². The molecule has 0 fully saturated rings. The Morgan fingerprint density at radius 3 is 2.70 bits per heavy atom. The Bertz CT molecular complexity index is 778. The fraction of sp³-hybridized carbons (Fsp3) is 0.400. The van der Waals surface area contributed by atoms with Gasteiger partial charge in [0, 0.05) is 19.2 Å². The Morgan fingerprint density at radius 1 is 1.30 bits per heavy atom. The van der Waals surface area contributed by atoms with Crippen LogP contribution in [0.4, 0.5) is 0 Å². The first-order chi connectivity index (χ1) is 12.9. The number of aryl methyl sites for hydroxylation is 2. The molecule has 0 aliphatic heterocycles. The summed E-state index contributed by atoms with van der Waals surface area (Å²) in [7, 11) is 3.17. The second-order valence-electron chi connectivity index (χ2n) is 6.20. The predicted octanol–water partition coefficient (Wildman–Crippen LogP) is 3.04. The van der Waals surface area contributed by atoms with Gasteiger partial charge in [-0.25, -0.2) is 0 Å². The van der Waals surface area contributed by atoms with E-state index in [1.807, 2.05) is 39.0 Å². The summed E-state index contributed by atoms with van der Waals surface area (Å²) in [6, 6.07) is 5.42. The fourth-order valence-electron chi connectivity index (χ4n) is 2.52. The van der Waals surface area contributed by atoms with Gasteiger partial charge in [0.1, 0.15) is 12.4 Å². The van der Waals surface area contributed by atoms with Crippen LogP contribution in [0.2, 0.25) is 0 Å². The molecular formula is C20H26N2O5. The maximum atomic E-state index is 11.9. The zero-order valence-electron chi connectivity index (χ0n) is 16.4. The molecular weight excluding hydrogens is 348 g/mol. The summed E-state index contributed by atoms with van der Waals surface area (Å²) >= 11 is 0. The molecule has 1 heterocycles. The molecule has 2 rings (SSSR count). The number of amides is 1. The number of hydrogen-bond donors (Lipinski definition) is 1. The van der Waals surface area contributed by atoms with Crippen molar-refractivity contribution in [3.63, 3.8) is 0 Å². The van der Waals surface area contributed by atoms with Crippen LogP contribution in [0.3, 0.4) is 0 Å². The van der Waals surface area contributed by atoms with Crippen molar-refractivity contribution in [3.05, 3.63) is 46.9 Å². The second kappa shape index (κ2) is 9.78. The van der Waals surface area contributed by atoms with E-state index in [1.165, 1.54) is 6.08 Å². The summed E-state index contributed by atoms with van der Waals surface area (Å²) in [6.07, 6.45) is 3.20. The minimum absolute atomic E-state index is 0.0539. The number of methoxy groups -OCH3 is 2. The van der Waals surface area contributed by atoms with E-state index in [-0.39, 0.29) is 11.9 Å². The van der Waals surface area contributed by atoms with Gasteiger partial charge in [0.25, 0.3) is 0 Å². The first-order valence-electron chi connectivity index (χ1n) is 8.64. The van der Waals surface area contributed by atoms with Crippen LogP contribution in [-0.4, -0.2) is 37.9 Å². The SMILES string of the molecule is COCC(C)NC(=O)C=Cc1ccc(OCc2c(C)noc2C)c(OC)c1. The van der Waals surface area contributed by atoms with Gasteiger partial charge in [0.05, 0.1) is 25.0 Å². The lowest BCUT2D eigenvalue weighted by atomic mass is 10.1. The summed E-state index contributed by atoms with van der Waals surface area (Å²) in [5.74, 6) is 1.74. The van der Waals surface area contributed by atoms with E-state index < -0.39 is 0 Å². The van der Waals surface area contributed by atoms with Crippen molar-refractivity contribution >= 4 is 12.0 Å². The molecule has 7 nitrogen and oxygen atoms in total. The highest BCUT2D eigenvalue weighted by Crippen LogP contribution is 2.30. The molecule has 1 N–H and O–H groups in total. The molecule has 2 aromatic rings. The number of carbonyl (C=O) groups excluding carboxylic acids is 1. The first-order valence-corrected chi connectivity index (χ1v) is 8.64. The second-order valence-corrected chi connectivity index (χ2v) is 6.20. The molecule has 0 saturated carbocycles. The van der Waals surface area contributed by atoms with E-state index >= 15 is 0 Å². The number of rotatable bonds is 9.